The summed E-state index contributed by atoms with van der Waals surface area (Å²) in [6, 6.07) is 13.7. The molecule has 3 rings (SSSR count). The van der Waals surface area contributed by atoms with Crippen molar-refractivity contribution in [1.29, 1.82) is 0 Å². The van der Waals surface area contributed by atoms with Crippen LogP contribution in [0.2, 0.25) is 0 Å². The summed E-state index contributed by atoms with van der Waals surface area (Å²) in [6.07, 6.45) is 1.24. The zero-order chi connectivity index (χ0) is 21.5. The lowest BCUT2D eigenvalue weighted by atomic mass is 10.1. The second-order valence-corrected chi connectivity index (χ2v) is 7.97. The molecule has 2 N–H and O–H groups in total. The van der Waals surface area contributed by atoms with Crippen LogP contribution in [-0.4, -0.2) is 29.4 Å². The van der Waals surface area contributed by atoms with Crippen LogP contribution in [0.5, 0.6) is 0 Å². The Bertz CT molecular complexity index is 895. The quantitative estimate of drug-likeness (QED) is 0.654. The molecular weight excluding hydrogens is 378 g/mol. The molecule has 1 heterocycles. The molecule has 0 aromatic heterocycles. The molecule has 2 aromatic rings. The van der Waals surface area contributed by atoms with Crippen molar-refractivity contribution in [1.82, 2.24) is 10.2 Å². The van der Waals surface area contributed by atoms with Gasteiger partial charge >= 0.3 is 11.8 Å². The second-order valence-electron chi connectivity index (χ2n) is 7.97. The summed E-state index contributed by atoms with van der Waals surface area (Å²) in [5, 5.41) is 5.49. The molecule has 0 fully saturated rings. The van der Waals surface area contributed by atoms with Gasteiger partial charge in [-0.25, -0.2) is 0 Å². The normalized spacial score (nSPS) is 13.3. The first-order valence-electron chi connectivity index (χ1n) is 10.6. The largest absolute Gasteiger partial charge is 0.374 e. The molecule has 0 radical (unpaired) electrons. The van der Waals surface area contributed by atoms with Crippen LogP contribution in [0.4, 0.5) is 5.69 Å². The monoisotopic (exact) mass is 409 g/mol. The van der Waals surface area contributed by atoms with E-state index in [1.165, 1.54) is 5.56 Å². The van der Waals surface area contributed by atoms with Crippen LogP contribution in [0.15, 0.2) is 42.5 Å². The van der Waals surface area contributed by atoms with Gasteiger partial charge in [-0.05, 0) is 55.1 Å². The summed E-state index contributed by atoms with van der Waals surface area (Å²) in [5.74, 6) is -1.28. The molecule has 6 nitrogen and oxygen atoms in total. The van der Waals surface area contributed by atoms with Crippen LogP contribution in [-0.2, 0) is 40.6 Å². The summed E-state index contributed by atoms with van der Waals surface area (Å²) < 4.78 is 5.62. The molecular formula is C24H31N3O3. The van der Waals surface area contributed by atoms with Crippen molar-refractivity contribution < 1.29 is 14.3 Å². The second kappa shape index (κ2) is 10.4. The summed E-state index contributed by atoms with van der Waals surface area (Å²) in [7, 11) is 0. The molecule has 6 heteroatoms. The van der Waals surface area contributed by atoms with Gasteiger partial charge in [0.1, 0.15) is 0 Å². The highest BCUT2D eigenvalue weighted by atomic mass is 16.5. The number of carbonyl (C=O) groups is 2. The van der Waals surface area contributed by atoms with E-state index < -0.39 is 11.8 Å². The number of ether oxygens (including phenoxy) is 1. The summed E-state index contributed by atoms with van der Waals surface area (Å²) in [6.45, 7) is 9.65. The molecule has 2 aromatic carbocycles. The first-order valence-corrected chi connectivity index (χ1v) is 10.6. The average Bonchev–Trinajstić information content (AvgIpc) is 3.14. The van der Waals surface area contributed by atoms with E-state index in [-0.39, 0.29) is 6.10 Å². The number of fused-ring (bicyclic) bond motifs is 1. The highest BCUT2D eigenvalue weighted by Crippen LogP contribution is 2.29. The molecule has 0 unspecified atom stereocenters. The molecule has 0 bridgehead atoms. The van der Waals surface area contributed by atoms with Crippen LogP contribution in [0.3, 0.4) is 0 Å². The Morgan fingerprint density at radius 1 is 1.07 bits per heavy atom. The average molecular weight is 410 g/mol. The van der Waals surface area contributed by atoms with Gasteiger partial charge in [0.25, 0.3) is 0 Å². The SMILES string of the molecule is CCCN1Cc2cccc(NC(=O)C(=O)NCc3cccc(COC(C)C)c3)c2C1. The Hall–Kier alpha value is -2.70. The minimum absolute atomic E-state index is 0.158. The third-order valence-corrected chi connectivity index (χ3v) is 5.07. The first kappa shape index (κ1) is 22.0. The molecule has 2 amide bonds. The molecule has 160 valence electrons. The van der Waals surface area contributed by atoms with Gasteiger partial charge in [-0.2, -0.15) is 0 Å². The molecule has 1 aliphatic heterocycles. The standard InChI is InChI=1S/C24H31N3O3/c1-4-11-27-14-20-9-6-10-22(21(20)15-27)26-24(29)23(28)25-13-18-7-5-8-19(12-18)16-30-17(2)3/h5-10,12,17H,4,11,13-16H2,1-3H3,(H,25,28)(H,26,29). The fourth-order valence-electron chi connectivity index (χ4n) is 3.62. The molecule has 1 aliphatic rings. The van der Waals surface area contributed by atoms with Crippen LogP contribution in [0.1, 0.15) is 49.4 Å². The van der Waals surface area contributed by atoms with Gasteiger partial charge in [0, 0.05) is 25.3 Å². The number of rotatable bonds is 8. The van der Waals surface area contributed by atoms with E-state index in [9.17, 15) is 9.59 Å². The number of hydrogen-bond acceptors (Lipinski definition) is 4. The maximum absolute atomic E-state index is 12.4. The van der Waals surface area contributed by atoms with Crippen molar-refractivity contribution in [3.8, 4) is 0 Å². The van der Waals surface area contributed by atoms with Gasteiger partial charge in [-0.1, -0.05) is 43.3 Å². The van der Waals surface area contributed by atoms with E-state index in [1.807, 2.05) is 50.2 Å². The van der Waals surface area contributed by atoms with Crippen molar-refractivity contribution in [2.75, 3.05) is 11.9 Å². The lowest BCUT2D eigenvalue weighted by molar-refractivity contribution is -0.136. The van der Waals surface area contributed by atoms with Gasteiger partial charge in [0.15, 0.2) is 0 Å². The molecule has 0 saturated heterocycles. The van der Waals surface area contributed by atoms with Crippen molar-refractivity contribution in [2.24, 2.45) is 0 Å². The Morgan fingerprint density at radius 2 is 1.83 bits per heavy atom. The highest BCUT2D eigenvalue weighted by Gasteiger charge is 2.23. The third kappa shape index (κ3) is 5.90. The van der Waals surface area contributed by atoms with Crippen molar-refractivity contribution in [2.45, 2.75) is 59.5 Å². The summed E-state index contributed by atoms with van der Waals surface area (Å²) in [4.78, 5) is 27.1. The zero-order valence-electron chi connectivity index (χ0n) is 18.0. The van der Waals surface area contributed by atoms with Crippen molar-refractivity contribution in [3.63, 3.8) is 0 Å². The lowest BCUT2D eigenvalue weighted by Gasteiger charge is -2.13. The third-order valence-electron chi connectivity index (χ3n) is 5.07. The van der Waals surface area contributed by atoms with Gasteiger partial charge in [0.05, 0.1) is 12.7 Å². The lowest BCUT2D eigenvalue weighted by Crippen LogP contribution is -2.35. The van der Waals surface area contributed by atoms with E-state index in [4.69, 9.17) is 4.74 Å². The number of carbonyl (C=O) groups excluding carboxylic acids is 2. The van der Waals surface area contributed by atoms with Gasteiger partial charge in [0.2, 0.25) is 0 Å². The first-order chi connectivity index (χ1) is 14.5. The highest BCUT2D eigenvalue weighted by molar-refractivity contribution is 6.39. The Labute approximate surface area is 178 Å². The van der Waals surface area contributed by atoms with E-state index in [2.05, 4.69) is 28.5 Å². The van der Waals surface area contributed by atoms with Crippen LogP contribution >= 0.6 is 0 Å². The number of nitrogens with one attached hydrogen (secondary N) is 2. The number of nitrogens with zero attached hydrogens (tertiary/aromatic N) is 1. The zero-order valence-corrected chi connectivity index (χ0v) is 18.0. The van der Waals surface area contributed by atoms with Crippen LogP contribution < -0.4 is 10.6 Å². The predicted molar refractivity (Wildman–Crippen MR) is 118 cm³/mol. The van der Waals surface area contributed by atoms with Gasteiger partial charge < -0.3 is 15.4 Å². The fourth-order valence-corrected chi connectivity index (χ4v) is 3.62. The van der Waals surface area contributed by atoms with E-state index in [0.717, 1.165) is 48.4 Å². The smallest absolute Gasteiger partial charge is 0.313 e. The van der Waals surface area contributed by atoms with Crippen molar-refractivity contribution >= 4 is 17.5 Å². The number of amides is 2. The summed E-state index contributed by atoms with van der Waals surface area (Å²) in [5.41, 5.74) is 5.00. The van der Waals surface area contributed by atoms with Crippen LogP contribution in [0.25, 0.3) is 0 Å². The molecule has 0 spiro atoms. The van der Waals surface area contributed by atoms with E-state index in [0.29, 0.717) is 13.2 Å². The maximum atomic E-state index is 12.4. The Balaban J connectivity index is 1.55. The minimum atomic E-state index is -0.642. The van der Waals surface area contributed by atoms with Gasteiger partial charge in [-0.3, -0.25) is 14.5 Å². The van der Waals surface area contributed by atoms with E-state index in [1.54, 1.807) is 0 Å². The fraction of sp³-hybridized carbons (Fsp3) is 0.417. The Morgan fingerprint density at radius 3 is 2.60 bits per heavy atom. The minimum Gasteiger partial charge on any atom is -0.374 e. The summed E-state index contributed by atoms with van der Waals surface area (Å²) >= 11 is 0. The van der Waals surface area contributed by atoms with Gasteiger partial charge in [-0.15, -0.1) is 0 Å². The van der Waals surface area contributed by atoms with Crippen LogP contribution in [0, 0.1) is 0 Å². The topological polar surface area (TPSA) is 70.7 Å². The van der Waals surface area contributed by atoms with Crippen molar-refractivity contribution in [3.05, 3.63) is 64.7 Å². The number of benzene rings is 2. The molecule has 0 saturated carbocycles. The molecule has 0 aliphatic carbocycles. The maximum Gasteiger partial charge on any atom is 0.313 e. The number of hydrogen-bond donors (Lipinski definition) is 2. The molecule has 0 atom stereocenters. The van der Waals surface area contributed by atoms with E-state index >= 15 is 0 Å². The number of anilines is 1. The molecule has 30 heavy (non-hydrogen) atoms. The Kier molecular flexibility index (Phi) is 7.60. The predicted octanol–water partition coefficient (Wildman–Crippen LogP) is 3.59.